The van der Waals surface area contributed by atoms with E-state index in [4.69, 9.17) is 16.3 Å². The molecular weight excluding hydrogens is 424 g/mol. The van der Waals surface area contributed by atoms with Crippen molar-refractivity contribution in [3.05, 3.63) is 64.7 Å². The predicted octanol–water partition coefficient (Wildman–Crippen LogP) is 5.56. The second-order valence-electron chi connectivity index (χ2n) is 8.34. The molecular formula is C26H35ClN2O3. The first kappa shape index (κ1) is 25.7. The van der Waals surface area contributed by atoms with Crippen LogP contribution in [-0.2, 0) is 16.1 Å². The maximum Gasteiger partial charge on any atom is 0.261 e. The summed E-state index contributed by atoms with van der Waals surface area (Å²) >= 11 is 6.37. The van der Waals surface area contributed by atoms with Crippen LogP contribution in [0.4, 0.5) is 0 Å². The van der Waals surface area contributed by atoms with Crippen LogP contribution in [0, 0.1) is 0 Å². The molecule has 174 valence electrons. The number of hydrogen-bond acceptors (Lipinski definition) is 3. The van der Waals surface area contributed by atoms with Crippen LogP contribution in [-0.4, -0.2) is 35.4 Å². The van der Waals surface area contributed by atoms with Crippen LogP contribution in [0.5, 0.6) is 5.75 Å². The summed E-state index contributed by atoms with van der Waals surface area (Å²) < 4.78 is 5.93. The third-order valence-electron chi connectivity index (χ3n) is 5.58. The third-order valence-corrected chi connectivity index (χ3v) is 5.95. The van der Waals surface area contributed by atoms with E-state index in [1.54, 1.807) is 11.0 Å². The van der Waals surface area contributed by atoms with Gasteiger partial charge in [0.05, 0.1) is 0 Å². The van der Waals surface area contributed by atoms with Crippen molar-refractivity contribution in [2.24, 2.45) is 0 Å². The molecule has 0 bridgehead atoms. The number of para-hydroxylation sites is 1. The molecule has 1 N–H and O–H groups in total. The number of hydrogen-bond donors (Lipinski definition) is 1. The van der Waals surface area contributed by atoms with Gasteiger partial charge in [0.15, 0.2) is 6.61 Å². The van der Waals surface area contributed by atoms with E-state index in [-0.39, 0.29) is 36.9 Å². The van der Waals surface area contributed by atoms with Gasteiger partial charge in [-0.25, -0.2) is 0 Å². The Bertz CT molecular complexity index is 900. The molecule has 0 spiro atoms. The van der Waals surface area contributed by atoms with Crippen molar-refractivity contribution in [3.63, 3.8) is 0 Å². The molecule has 2 aromatic carbocycles. The fraction of sp³-hybridized carbons (Fsp3) is 0.462. The monoisotopic (exact) mass is 458 g/mol. The third kappa shape index (κ3) is 6.99. The van der Waals surface area contributed by atoms with E-state index >= 15 is 0 Å². The van der Waals surface area contributed by atoms with Crippen LogP contribution in [0.2, 0.25) is 5.02 Å². The number of nitrogens with zero attached hydrogens (tertiary/aromatic N) is 1. The van der Waals surface area contributed by atoms with Gasteiger partial charge in [0.2, 0.25) is 5.91 Å². The van der Waals surface area contributed by atoms with Crippen molar-refractivity contribution in [1.82, 2.24) is 10.2 Å². The molecule has 2 amide bonds. The van der Waals surface area contributed by atoms with E-state index in [2.05, 4.69) is 19.2 Å². The summed E-state index contributed by atoms with van der Waals surface area (Å²) in [7, 11) is 0. The zero-order valence-electron chi connectivity index (χ0n) is 19.7. The highest BCUT2D eigenvalue weighted by atomic mass is 35.5. The number of rotatable bonds is 11. The Morgan fingerprint density at radius 2 is 1.66 bits per heavy atom. The Labute approximate surface area is 197 Å². The van der Waals surface area contributed by atoms with Gasteiger partial charge in [-0.1, -0.05) is 75.7 Å². The Morgan fingerprint density at radius 3 is 2.28 bits per heavy atom. The average Bonchev–Trinajstić information content (AvgIpc) is 2.78. The highest BCUT2D eigenvalue weighted by Crippen LogP contribution is 2.26. The topological polar surface area (TPSA) is 58.6 Å². The summed E-state index contributed by atoms with van der Waals surface area (Å²) in [4.78, 5) is 27.9. The highest BCUT2D eigenvalue weighted by Gasteiger charge is 2.30. The molecule has 0 fully saturated rings. The molecule has 2 aromatic rings. The maximum atomic E-state index is 13.4. The molecule has 2 atom stereocenters. The lowest BCUT2D eigenvalue weighted by molar-refractivity contribution is -0.143. The molecule has 0 aliphatic rings. The van der Waals surface area contributed by atoms with Crippen LogP contribution < -0.4 is 10.1 Å². The lowest BCUT2D eigenvalue weighted by Gasteiger charge is -2.31. The van der Waals surface area contributed by atoms with Crippen molar-refractivity contribution in [3.8, 4) is 5.75 Å². The van der Waals surface area contributed by atoms with E-state index in [9.17, 15) is 9.59 Å². The van der Waals surface area contributed by atoms with Crippen LogP contribution in [0.1, 0.15) is 64.5 Å². The minimum Gasteiger partial charge on any atom is -0.483 e. The maximum absolute atomic E-state index is 13.4. The van der Waals surface area contributed by atoms with Gasteiger partial charge in [0, 0.05) is 17.6 Å². The first-order valence-corrected chi connectivity index (χ1v) is 11.7. The summed E-state index contributed by atoms with van der Waals surface area (Å²) in [5.41, 5.74) is 1.83. The van der Waals surface area contributed by atoms with Crippen molar-refractivity contribution in [2.45, 2.75) is 72.0 Å². The van der Waals surface area contributed by atoms with Crippen molar-refractivity contribution >= 4 is 23.4 Å². The van der Waals surface area contributed by atoms with E-state index in [0.29, 0.717) is 17.2 Å². The summed E-state index contributed by atoms with van der Waals surface area (Å²) in [6.45, 7) is 10.1. The summed E-state index contributed by atoms with van der Waals surface area (Å²) in [6, 6.07) is 14.5. The molecule has 32 heavy (non-hydrogen) atoms. The van der Waals surface area contributed by atoms with Crippen molar-refractivity contribution in [2.75, 3.05) is 6.61 Å². The van der Waals surface area contributed by atoms with Gasteiger partial charge in [0.25, 0.3) is 5.91 Å². The van der Waals surface area contributed by atoms with Gasteiger partial charge < -0.3 is 15.0 Å². The van der Waals surface area contributed by atoms with Gasteiger partial charge in [0.1, 0.15) is 11.8 Å². The fourth-order valence-electron chi connectivity index (χ4n) is 3.48. The smallest absolute Gasteiger partial charge is 0.261 e. The Balaban J connectivity index is 2.27. The number of carbonyl (C=O) groups excluding carboxylic acids is 2. The molecule has 0 saturated carbocycles. The lowest BCUT2D eigenvalue weighted by Crippen LogP contribution is -2.51. The first-order valence-electron chi connectivity index (χ1n) is 11.3. The Morgan fingerprint density at radius 1 is 1.00 bits per heavy atom. The molecule has 0 heterocycles. The van der Waals surface area contributed by atoms with Crippen molar-refractivity contribution in [1.29, 1.82) is 0 Å². The average molecular weight is 459 g/mol. The van der Waals surface area contributed by atoms with Gasteiger partial charge in [-0.2, -0.15) is 0 Å². The number of nitrogens with one attached hydrogen (secondary N) is 1. The normalized spacial score (nSPS) is 12.8. The molecule has 0 saturated heterocycles. The van der Waals surface area contributed by atoms with E-state index in [1.807, 2.05) is 63.2 Å². The number of carbonyl (C=O) groups is 2. The molecule has 0 radical (unpaired) electrons. The predicted molar refractivity (Wildman–Crippen MR) is 130 cm³/mol. The van der Waals surface area contributed by atoms with Crippen LogP contribution in [0.15, 0.2) is 48.5 Å². The number of amides is 2. The molecule has 6 heteroatoms. The van der Waals surface area contributed by atoms with Crippen molar-refractivity contribution < 1.29 is 14.3 Å². The molecule has 0 aliphatic carbocycles. The largest absolute Gasteiger partial charge is 0.483 e. The standard InChI is InChI=1S/C26H35ClN2O3/c1-6-19(5)28-26(31)23(7-2)29(16-20-12-8-10-14-22(20)27)25(30)17-32-24-15-11-9-13-21(24)18(3)4/h8-15,18-19,23H,6-7,16-17H2,1-5H3,(H,28,31)/t19-,23-/m1/s1. The van der Waals surface area contributed by atoms with Gasteiger partial charge in [-0.05, 0) is 48.9 Å². The number of halogens is 1. The second kappa shape index (κ2) is 12.5. The minimum absolute atomic E-state index is 0.0305. The fourth-order valence-corrected chi connectivity index (χ4v) is 3.68. The number of benzene rings is 2. The summed E-state index contributed by atoms with van der Waals surface area (Å²) in [6.07, 6.45) is 1.30. The highest BCUT2D eigenvalue weighted by molar-refractivity contribution is 6.31. The van der Waals surface area contributed by atoms with Gasteiger partial charge in [-0.15, -0.1) is 0 Å². The molecule has 0 aliphatic heterocycles. The van der Waals surface area contributed by atoms with Crippen LogP contribution in [0.3, 0.4) is 0 Å². The van der Waals surface area contributed by atoms with Crippen LogP contribution in [0.25, 0.3) is 0 Å². The lowest BCUT2D eigenvalue weighted by atomic mass is 10.0. The molecule has 0 unspecified atom stereocenters. The zero-order valence-corrected chi connectivity index (χ0v) is 20.5. The molecule has 0 aromatic heterocycles. The molecule has 2 rings (SSSR count). The number of ether oxygens (including phenoxy) is 1. The molecule has 5 nitrogen and oxygen atoms in total. The second-order valence-corrected chi connectivity index (χ2v) is 8.74. The van der Waals surface area contributed by atoms with E-state index in [1.165, 1.54) is 0 Å². The van der Waals surface area contributed by atoms with E-state index < -0.39 is 6.04 Å². The Hall–Kier alpha value is -2.53. The quantitative estimate of drug-likeness (QED) is 0.479. The summed E-state index contributed by atoms with van der Waals surface area (Å²) in [5.74, 6) is 0.537. The zero-order chi connectivity index (χ0) is 23.7. The minimum atomic E-state index is -0.614. The van der Waals surface area contributed by atoms with E-state index in [0.717, 1.165) is 17.5 Å². The SMILES string of the molecule is CC[C@@H](C)NC(=O)[C@@H](CC)N(Cc1ccccc1Cl)C(=O)COc1ccccc1C(C)C. The summed E-state index contributed by atoms with van der Waals surface area (Å²) in [5, 5.41) is 3.57. The Kier molecular flexibility index (Phi) is 10.0. The van der Waals surface area contributed by atoms with Crippen LogP contribution >= 0.6 is 11.6 Å². The van der Waals surface area contributed by atoms with Gasteiger partial charge in [-0.3, -0.25) is 9.59 Å². The van der Waals surface area contributed by atoms with Gasteiger partial charge >= 0.3 is 0 Å². The first-order chi connectivity index (χ1) is 15.3.